The number of carbonyl (C=O) groups excluding carboxylic acids is 1. The number of benzene rings is 1. The first-order chi connectivity index (χ1) is 9.48. The molecule has 0 aliphatic heterocycles. The van der Waals surface area contributed by atoms with Crippen LogP contribution in [-0.4, -0.2) is 38.9 Å². The lowest BCUT2D eigenvalue weighted by Gasteiger charge is -2.19. The minimum Gasteiger partial charge on any atom is -0.468 e. The summed E-state index contributed by atoms with van der Waals surface area (Å²) in [4.78, 5) is 11.6. The van der Waals surface area contributed by atoms with Gasteiger partial charge in [0.05, 0.1) is 12.0 Å². The molecule has 0 bridgehead atoms. The molecule has 0 aromatic heterocycles. The van der Waals surface area contributed by atoms with Crippen molar-refractivity contribution in [3.05, 3.63) is 29.3 Å². The SMILES string of the molecule is CCN(CC(=O)OC)S(=O)(=O)c1ccc2c(c1)CCC2. The average Bonchev–Trinajstić information content (AvgIpc) is 2.91. The molecule has 1 aliphatic carbocycles. The van der Waals surface area contributed by atoms with Crippen LogP contribution in [0.15, 0.2) is 23.1 Å². The lowest BCUT2D eigenvalue weighted by molar-refractivity contribution is -0.140. The Labute approximate surface area is 119 Å². The van der Waals surface area contributed by atoms with Crippen molar-refractivity contribution in [1.29, 1.82) is 0 Å². The zero-order valence-electron chi connectivity index (χ0n) is 11.8. The minimum absolute atomic E-state index is 0.231. The molecule has 0 spiro atoms. The van der Waals surface area contributed by atoms with Gasteiger partial charge in [0.2, 0.25) is 10.0 Å². The lowest BCUT2D eigenvalue weighted by atomic mass is 10.1. The molecule has 6 heteroatoms. The van der Waals surface area contributed by atoms with E-state index in [1.807, 2.05) is 6.07 Å². The first-order valence-electron chi connectivity index (χ1n) is 6.67. The fourth-order valence-electron chi connectivity index (χ4n) is 2.43. The number of methoxy groups -OCH3 is 1. The molecule has 1 aromatic rings. The van der Waals surface area contributed by atoms with E-state index >= 15 is 0 Å². The number of likely N-dealkylation sites (N-methyl/N-ethyl adjacent to an activating group) is 1. The summed E-state index contributed by atoms with van der Waals surface area (Å²) in [6.07, 6.45) is 3.00. The van der Waals surface area contributed by atoms with E-state index < -0.39 is 16.0 Å². The zero-order valence-corrected chi connectivity index (χ0v) is 12.6. The Balaban J connectivity index is 2.31. The molecule has 1 aliphatic rings. The van der Waals surface area contributed by atoms with E-state index in [1.165, 1.54) is 12.7 Å². The van der Waals surface area contributed by atoms with Gasteiger partial charge in [0.15, 0.2) is 0 Å². The van der Waals surface area contributed by atoms with Crippen LogP contribution in [0, 0.1) is 0 Å². The molecular weight excluding hydrogens is 278 g/mol. The zero-order chi connectivity index (χ0) is 14.8. The van der Waals surface area contributed by atoms with E-state index in [-0.39, 0.29) is 18.0 Å². The first kappa shape index (κ1) is 15.0. The number of fused-ring (bicyclic) bond motifs is 1. The molecule has 0 saturated carbocycles. The average molecular weight is 297 g/mol. The molecule has 20 heavy (non-hydrogen) atoms. The molecular formula is C14H19NO4S. The second-order valence-corrected chi connectivity index (χ2v) is 6.73. The number of hydrogen-bond acceptors (Lipinski definition) is 4. The summed E-state index contributed by atoms with van der Waals surface area (Å²) in [6.45, 7) is 1.68. The van der Waals surface area contributed by atoms with Crippen LogP contribution in [0.4, 0.5) is 0 Å². The Morgan fingerprint density at radius 1 is 1.30 bits per heavy atom. The highest BCUT2D eigenvalue weighted by Crippen LogP contribution is 2.26. The number of esters is 1. The molecule has 2 rings (SSSR count). The van der Waals surface area contributed by atoms with Crippen molar-refractivity contribution in [2.45, 2.75) is 31.1 Å². The molecule has 0 radical (unpaired) electrons. The summed E-state index contributed by atoms with van der Waals surface area (Å²) < 4.78 is 30.7. The third-order valence-electron chi connectivity index (χ3n) is 3.59. The summed E-state index contributed by atoms with van der Waals surface area (Å²) in [5, 5.41) is 0. The summed E-state index contributed by atoms with van der Waals surface area (Å²) in [6, 6.07) is 5.23. The Hall–Kier alpha value is -1.40. The number of aryl methyl sites for hydroxylation is 2. The molecule has 0 atom stereocenters. The van der Waals surface area contributed by atoms with E-state index in [0.29, 0.717) is 0 Å². The molecule has 0 amide bonds. The van der Waals surface area contributed by atoms with Gasteiger partial charge in [0, 0.05) is 6.54 Å². The van der Waals surface area contributed by atoms with Crippen LogP contribution >= 0.6 is 0 Å². The van der Waals surface area contributed by atoms with Crippen molar-refractivity contribution in [3.63, 3.8) is 0 Å². The normalized spacial score (nSPS) is 14.3. The molecule has 110 valence electrons. The summed E-state index contributed by atoms with van der Waals surface area (Å²) in [7, 11) is -2.40. The third-order valence-corrected chi connectivity index (χ3v) is 5.51. The highest BCUT2D eigenvalue weighted by Gasteiger charge is 2.26. The number of sulfonamides is 1. The van der Waals surface area contributed by atoms with E-state index in [0.717, 1.165) is 29.1 Å². The van der Waals surface area contributed by atoms with Gasteiger partial charge in [0.1, 0.15) is 6.54 Å². The Bertz CT molecular complexity index is 610. The van der Waals surface area contributed by atoms with Gasteiger partial charge in [-0.25, -0.2) is 8.42 Å². The van der Waals surface area contributed by atoms with Gasteiger partial charge in [-0.05, 0) is 42.5 Å². The van der Waals surface area contributed by atoms with Crippen molar-refractivity contribution < 1.29 is 17.9 Å². The first-order valence-corrected chi connectivity index (χ1v) is 8.11. The van der Waals surface area contributed by atoms with Crippen molar-refractivity contribution in [3.8, 4) is 0 Å². The third kappa shape index (κ3) is 2.86. The van der Waals surface area contributed by atoms with Crippen LogP contribution in [-0.2, 0) is 32.4 Å². The lowest BCUT2D eigenvalue weighted by Crippen LogP contribution is -2.36. The van der Waals surface area contributed by atoms with Crippen LogP contribution in [0.3, 0.4) is 0 Å². The number of carbonyl (C=O) groups is 1. The second kappa shape index (κ2) is 5.93. The minimum atomic E-state index is -3.65. The van der Waals surface area contributed by atoms with Gasteiger partial charge in [-0.3, -0.25) is 4.79 Å². The van der Waals surface area contributed by atoms with Crippen molar-refractivity contribution in [2.75, 3.05) is 20.2 Å². The predicted molar refractivity (Wildman–Crippen MR) is 74.9 cm³/mol. The van der Waals surface area contributed by atoms with Crippen molar-refractivity contribution in [2.24, 2.45) is 0 Å². The summed E-state index contributed by atoms with van der Waals surface area (Å²) in [5.74, 6) is -0.559. The van der Waals surface area contributed by atoms with Gasteiger partial charge < -0.3 is 4.74 Å². The molecule has 0 heterocycles. The number of nitrogens with zero attached hydrogens (tertiary/aromatic N) is 1. The fraction of sp³-hybridized carbons (Fsp3) is 0.500. The highest BCUT2D eigenvalue weighted by molar-refractivity contribution is 7.89. The fourth-order valence-corrected chi connectivity index (χ4v) is 3.88. The van der Waals surface area contributed by atoms with E-state index in [2.05, 4.69) is 4.74 Å². The second-order valence-electron chi connectivity index (χ2n) is 4.79. The molecule has 5 nitrogen and oxygen atoms in total. The van der Waals surface area contributed by atoms with Gasteiger partial charge in [0.25, 0.3) is 0 Å². The smallest absolute Gasteiger partial charge is 0.321 e. The van der Waals surface area contributed by atoms with Gasteiger partial charge in [-0.15, -0.1) is 0 Å². The molecule has 0 unspecified atom stereocenters. The predicted octanol–water partition coefficient (Wildman–Crippen LogP) is 1.36. The largest absolute Gasteiger partial charge is 0.468 e. The van der Waals surface area contributed by atoms with Crippen LogP contribution in [0.1, 0.15) is 24.5 Å². The standard InChI is InChI=1S/C14H19NO4S/c1-3-15(10-14(16)19-2)20(17,18)13-8-7-11-5-4-6-12(11)9-13/h7-9H,3-6,10H2,1-2H3. The molecule has 0 N–H and O–H groups in total. The molecule has 0 fully saturated rings. The molecule has 1 aromatic carbocycles. The van der Waals surface area contributed by atoms with Crippen LogP contribution in [0.5, 0.6) is 0 Å². The highest BCUT2D eigenvalue weighted by atomic mass is 32.2. The Morgan fingerprint density at radius 3 is 2.65 bits per heavy atom. The van der Waals surface area contributed by atoms with E-state index in [4.69, 9.17) is 0 Å². The summed E-state index contributed by atoms with van der Waals surface area (Å²) >= 11 is 0. The van der Waals surface area contributed by atoms with Crippen LogP contribution in [0.25, 0.3) is 0 Å². The van der Waals surface area contributed by atoms with E-state index in [9.17, 15) is 13.2 Å². The maximum atomic E-state index is 12.5. The van der Waals surface area contributed by atoms with Crippen molar-refractivity contribution >= 4 is 16.0 Å². The number of hydrogen-bond donors (Lipinski definition) is 0. The van der Waals surface area contributed by atoms with Crippen LogP contribution in [0.2, 0.25) is 0 Å². The maximum absolute atomic E-state index is 12.5. The Kier molecular flexibility index (Phi) is 4.45. The maximum Gasteiger partial charge on any atom is 0.321 e. The van der Waals surface area contributed by atoms with Gasteiger partial charge in [-0.1, -0.05) is 13.0 Å². The summed E-state index contributed by atoms with van der Waals surface area (Å²) in [5.41, 5.74) is 2.32. The number of rotatable bonds is 5. The Morgan fingerprint density at radius 2 is 2.00 bits per heavy atom. The quantitative estimate of drug-likeness (QED) is 0.770. The van der Waals surface area contributed by atoms with Gasteiger partial charge >= 0.3 is 5.97 Å². The topological polar surface area (TPSA) is 63.7 Å². The molecule has 0 saturated heterocycles. The van der Waals surface area contributed by atoms with Crippen molar-refractivity contribution in [1.82, 2.24) is 4.31 Å². The number of ether oxygens (including phenoxy) is 1. The van der Waals surface area contributed by atoms with E-state index in [1.54, 1.807) is 19.1 Å². The van der Waals surface area contributed by atoms with Crippen LogP contribution < -0.4 is 0 Å². The monoisotopic (exact) mass is 297 g/mol. The van der Waals surface area contributed by atoms with Gasteiger partial charge in [-0.2, -0.15) is 4.31 Å².